The van der Waals surface area contributed by atoms with Crippen LogP contribution in [0.2, 0.25) is 0 Å². The Kier molecular flexibility index (Phi) is 5.70. The second-order valence-electron chi connectivity index (χ2n) is 3.96. The molecule has 0 amide bonds. The third-order valence-electron chi connectivity index (χ3n) is 2.52. The van der Waals surface area contributed by atoms with Crippen LogP contribution in [-0.2, 0) is 10.0 Å². The lowest BCUT2D eigenvalue weighted by Crippen LogP contribution is -2.29. The summed E-state index contributed by atoms with van der Waals surface area (Å²) in [7, 11) is -3.49. The van der Waals surface area contributed by atoms with Crippen LogP contribution in [0.5, 0.6) is 0 Å². The normalized spacial score (nSPS) is 11.1. The molecule has 0 spiro atoms. The zero-order chi connectivity index (χ0) is 13.9. The average Bonchev–Trinajstić information content (AvgIpc) is 2.83. The van der Waals surface area contributed by atoms with Gasteiger partial charge in [0, 0.05) is 25.6 Å². The molecule has 0 bridgehead atoms. The summed E-state index contributed by atoms with van der Waals surface area (Å²) in [4.78, 5) is 4.37. The molecule has 6 nitrogen and oxygen atoms in total. The number of aromatic nitrogens is 1. The third kappa shape index (κ3) is 3.80. The molecule has 2 aromatic rings. The molecule has 0 aliphatic heterocycles. The van der Waals surface area contributed by atoms with E-state index in [1.807, 2.05) is 0 Å². The predicted octanol–water partition coefficient (Wildman–Crippen LogP) is 1.31. The maximum atomic E-state index is 11.8. The van der Waals surface area contributed by atoms with Crippen LogP contribution in [0.25, 0.3) is 11.3 Å². The summed E-state index contributed by atoms with van der Waals surface area (Å²) in [5.74, 6) is 0.566. The molecule has 1 aromatic carbocycles. The Morgan fingerprint density at radius 1 is 1.30 bits per heavy atom. The zero-order valence-corrected chi connectivity index (χ0v) is 12.5. The smallest absolute Gasteiger partial charge is 0.240 e. The molecule has 8 heteroatoms. The minimum atomic E-state index is -3.49. The van der Waals surface area contributed by atoms with Crippen molar-refractivity contribution in [3.8, 4) is 11.3 Å². The highest BCUT2D eigenvalue weighted by molar-refractivity contribution is 7.89. The van der Waals surface area contributed by atoms with E-state index in [1.165, 1.54) is 18.4 Å². The molecule has 2 rings (SSSR count). The van der Waals surface area contributed by atoms with E-state index < -0.39 is 10.0 Å². The molecule has 20 heavy (non-hydrogen) atoms. The fourth-order valence-corrected chi connectivity index (χ4v) is 2.63. The summed E-state index contributed by atoms with van der Waals surface area (Å²) in [5, 5.41) is 0. The summed E-state index contributed by atoms with van der Waals surface area (Å²) < 4.78 is 31.2. The van der Waals surface area contributed by atoms with Crippen LogP contribution in [0.4, 0.5) is 0 Å². The van der Waals surface area contributed by atoms with E-state index in [1.54, 1.807) is 19.1 Å². The van der Waals surface area contributed by atoms with E-state index in [4.69, 9.17) is 10.2 Å². The Balaban J connectivity index is 0.00000200. The Morgan fingerprint density at radius 3 is 2.45 bits per heavy atom. The second kappa shape index (κ2) is 6.85. The fraction of sp³-hybridized carbons (Fsp3) is 0.250. The second-order valence-corrected chi connectivity index (χ2v) is 5.73. The average molecular weight is 318 g/mol. The van der Waals surface area contributed by atoms with E-state index in [9.17, 15) is 8.42 Å². The van der Waals surface area contributed by atoms with Gasteiger partial charge in [-0.05, 0) is 12.1 Å². The van der Waals surface area contributed by atoms with Crippen LogP contribution in [0, 0.1) is 6.92 Å². The summed E-state index contributed by atoms with van der Waals surface area (Å²) >= 11 is 0. The number of hydrogen-bond acceptors (Lipinski definition) is 5. The van der Waals surface area contributed by atoms with Crippen LogP contribution < -0.4 is 10.5 Å². The van der Waals surface area contributed by atoms with Crippen LogP contribution in [0.3, 0.4) is 0 Å². The number of nitrogens with one attached hydrogen (secondary N) is 1. The number of nitrogens with zero attached hydrogens (tertiary/aromatic N) is 1. The first-order chi connectivity index (χ1) is 9.03. The summed E-state index contributed by atoms with van der Waals surface area (Å²) in [6.07, 6.45) is 1.53. The molecule has 110 valence electrons. The fourth-order valence-electron chi connectivity index (χ4n) is 1.58. The van der Waals surface area contributed by atoms with E-state index in [0.29, 0.717) is 11.6 Å². The highest BCUT2D eigenvalue weighted by Gasteiger charge is 2.13. The summed E-state index contributed by atoms with van der Waals surface area (Å²) in [6, 6.07) is 6.43. The predicted molar refractivity (Wildman–Crippen MR) is 78.2 cm³/mol. The van der Waals surface area contributed by atoms with Gasteiger partial charge in [0.05, 0.1) is 4.90 Å². The molecular formula is C12H16ClN3O3S. The van der Waals surface area contributed by atoms with Crippen molar-refractivity contribution < 1.29 is 12.8 Å². The van der Waals surface area contributed by atoms with Crippen molar-refractivity contribution in [2.75, 3.05) is 13.1 Å². The minimum absolute atomic E-state index is 0. The Morgan fingerprint density at radius 2 is 1.95 bits per heavy atom. The Labute approximate surface area is 123 Å². The molecule has 0 unspecified atom stereocenters. The van der Waals surface area contributed by atoms with Crippen LogP contribution in [0.1, 0.15) is 5.89 Å². The lowest BCUT2D eigenvalue weighted by molar-refractivity contribution is 0.521. The van der Waals surface area contributed by atoms with Gasteiger partial charge in [0.2, 0.25) is 10.0 Å². The van der Waals surface area contributed by atoms with E-state index >= 15 is 0 Å². The molecule has 0 saturated carbocycles. The molecule has 0 aliphatic carbocycles. The van der Waals surface area contributed by atoms with Crippen molar-refractivity contribution in [3.63, 3.8) is 0 Å². The number of nitrogens with two attached hydrogens (primary N) is 1. The minimum Gasteiger partial charge on any atom is -0.449 e. The summed E-state index contributed by atoms with van der Waals surface area (Å²) in [6.45, 7) is 2.22. The molecule has 0 fully saturated rings. The maximum absolute atomic E-state index is 11.8. The topological polar surface area (TPSA) is 98.2 Å². The SMILES string of the molecule is Cc1nc(-c2ccc(S(=O)(=O)NCCN)cc2)co1.Cl. The van der Waals surface area contributed by atoms with Crippen molar-refractivity contribution in [1.29, 1.82) is 0 Å². The van der Waals surface area contributed by atoms with Gasteiger partial charge in [-0.3, -0.25) is 0 Å². The molecule has 0 radical (unpaired) electrons. The van der Waals surface area contributed by atoms with Crippen LogP contribution in [-0.4, -0.2) is 26.5 Å². The van der Waals surface area contributed by atoms with Gasteiger partial charge in [-0.15, -0.1) is 12.4 Å². The molecule has 1 heterocycles. The Hall–Kier alpha value is -1.41. The molecule has 0 atom stereocenters. The number of aryl methyl sites for hydroxylation is 1. The van der Waals surface area contributed by atoms with Gasteiger partial charge in [0.25, 0.3) is 0 Å². The number of benzene rings is 1. The number of oxazole rings is 1. The lowest BCUT2D eigenvalue weighted by Gasteiger charge is -2.05. The van der Waals surface area contributed by atoms with Gasteiger partial charge < -0.3 is 10.2 Å². The first-order valence-corrected chi connectivity index (χ1v) is 7.23. The molecular weight excluding hydrogens is 302 g/mol. The van der Waals surface area contributed by atoms with Crippen LogP contribution >= 0.6 is 12.4 Å². The van der Waals surface area contributed by atoms with Crippen molar-refractivity contribution >= 4 is 22.4 Å². The van der Waals surface area contributed by atoms with E-state index in [-0.39, 0.29) is 30.4 Å². The number of hydrogen-bond donors (Lipinski definition) is 2. The van der Waals surface area contributed by atoms with Gasteiger partial charge in [-0.1, -0.05) is 12.1 Å². The van der Waals surface area contributed by atoms with Gasteiger partial charge in [-0.2, -0.15) is 0 Å². The van der Waals surface area contributed by atoms with Crippen molar-refractivity contribution in [3.05, 3.63) is 36.4 Å². The van der Waals surface area contributed by atoms with Gasteiger partial charge in [0.15, 0.2) is 5.89 Å². The first-order valence-electron chi connectivity index (χ1n) is 5.75. The third-order valence-corrected chi connectivity index (χ3v) is 3.99. The maximum Gasteiger partial charge on any atom is 0.240 e. The molecule has 1 aromatic heterocycles. The largest absolute Gasteiger partial charge is 0.449 e. The monoisotopic (exact) mass is 317 g/mol. The molecule has 0 aliphatic rings. The van der Waals surface area contributed by atoms with Crippen molar-refractivity contribution in [1.82, 2.24) is 9.71 Å². The van der Waals surface area contributed by atoms with Gasteiger partial charge in [0.1, 0.15) is 12.0 Å². The number of halogens is 1. The molecule has 0 saturated heterocycles. The lowest BCUT2D eigenvalue weighted by atomic mass is 10.2. The number of sulfonamides is 1. The van der Waals surface area contributed by atoms with E-state index in [2.05, 4.69) is 9.71 Å². The number of rotatable bonds is 5. The van der Waals surface area contributed by atoms with Gasteiger partial charge >= 0.3 is 0 Å². The first kappa shape index (κ1) is 16.6. The van der Waals surface area contributed by atoms with Crippen LogP contribution in [0.15, 0.2) is 39.8 Å². The zero-order valence-electron chi connectivity index (χ0n) is 10.9. The Bertz CT molecular complexity index is 653. The van der Waals surface area contributed by atoms with Crippen molar-refractivity contribution in [2.24, 2.45) is 5.73 Å². The summed E-state index contributed by atoms with van der Waals surface area (Å²) in [5.41, 5.74) is 6.75. The highest BCUT2D eigenvalue weighted by Crippen LogP contribution is 2.20. The van der Waals surface area contributed by atoms with E-state index in [0.717, 1.165) is 5.56 Å². The standard InChI is InChI=1S/C12H15N3O3S.ClH/c1-9-15-12(8-18-9)10-2-4-11(5-3-10)19(16,17)14-7-6-13;/h2-5,8,14H,6-7,13H2,1H3;1H. The quantitative estimate of drug-likeness (QED) is 0.866. The van der Waals surface area contributed by atoms with Crippen molar-refractivity contribution in [2.45, 2.75) is 11.8 Å². The molecule has 3 N–H and O–H groups in total. The van der Waals surface area contributed by atoms with Gasteiger partial charge in [-0.25, -0.2) is 18.1 Å². The highest BCUT2D eigenvalue weighted by atomic mass is 35.5.